The Bertz CT molecular complexity index is 861. The van der Waals surface area contributed by atoms with Crippen LogP contribution in [0.5, 0.6) is 0 Å². The molecular formula is C18H14O3. The first-order chi connectivity index (χ1) is 10.2. The molecule has 0 saturated carbocycles. The van der Waals surface area contributed by atoms with Gasteiger partial charge in [0.2, 0.25) is 5.78 Å². The molecule has 0 atom stereocenters. The largest absolute Gasteiger partial charge is 0.418 e. The fourth-order valence-electron chi connectivity index (χ4n) is 2.51. The maximum atomic E-state index is 12.6. The van der Waals surface area contributed by atoms with E-state index in [-0.39, 0.29) is 11.5 Å². The van der Waals surface area contributed by atoms with Gasteiger partial charge >= 0.3 is 5.63 Å². The third kappa shape index (κ3) is 2.27. The number of hydrogen-bond acceptors (Lipinski definition) is 3. The van der Waals surface area contributed by atoms with E-state index in [4.69, 9.17) is 4.42 Å². The molecule has 3 heteroatoms. The van der Waals surface area contributed by atoms with E-state index < -0.39 is 5.63 Å². The molecule has 0 radical (unpaired) electrons. The highest BCUT2D eigenvalue weighted by Crippen LogP contribution is 2.22. The van der Waals surface area contributed by atoms with Gasteiger partial charge in [-0.15, -0.1) is 0 Å². The smallest absolute Gasteiger partial charge is 0.344 e. The molecule has 0 N–H and O–H groups in total. The van der Waals surface area contributed by atoms with Crippen molar-refractivity contribution < 1.29 is 9.21 Å². The Morgan fingerprint density at radius 2 is 1.57 bits per heavy atom. The number of carbonyl (C=O) groups is 1. The predicted molar refractivity (Wildman–Crippen MR) is 81.7 cm³/mol. The fourth-order valence-corrected chi connectivity index (χ4v) is 2.51. The quantitative estimate of drug-likeness (QED) is 0.688. The standard InChI is InChI=1S/C18H14O3/c1-2-13-14-10-6-7-11-15(14)18(20)21-17(13)16(19)12-8-4-3-5-9-12/h3-11H,2H2,1H3. The van der Waals surface area contributed by atoms with E-state index in [0.717, 1.165) is 10.9 Å². The molecule has 0 spiro atoms. The zero-order valence-electron chi connectivity index (χ0n) is 11.6. The van der Waals surface area contributed by atoms with Crippen LogP contribution in [-0.2, 0) is 6.42 Å². The first-order valence-electron chi connectivity index (χ1n) is 6.87. The molecule has 0 aliphatic rings. The second kappa shape index (κ2) is 5.37. The van der Waals surface area contributed by atoms with Crippen molar-refractivity contribution in [1.29, 1.82) is 0 Å². The normalized spacial score (nSPS) is 10.7. The Morgan fingerprint density at radius 3 is 2.24 bits per heavy atom. The monoisotopic (exact) mass is 278 g/mol. The molecule has 0 aliphatic heterocycles. The Labute approximate surface area is 121 Å². The number of ketones is 1. The molecule has 3 aromatic rings. The molecule has 2 aromatic carbocycles. The summed E-state index contributed by atoms with van der Waals surface area (Å²) < 4.78 is 5.32. The summed E-state index contributed by atoms with van der Waals surface area (Å²) in [6, 6.07) is 16.1. The van der Waals surface area contributed by atoms with Crippen LogP contribution in [0.2, 0.25) is 0 Å². The highest BCUT2D eigenvalue weighted by molar-refractivity contribution is 6.09. The van der Waals surface area contributed by atoms with Crippen LogP contribution >= 0.6 is 0 Å². The van der Waals surface area contributed by atoms with Gasteiger partial charge in [0.05, 0.1) is 5.39 Å². The van der Waals surface area contributed by atoms with Gasteiger partial charge < -0.3 is 4.42 Å². The molecule has 104 valence electrons. The molecule has 0 saturated heterocycles. The van der Waals surface area contributed by atoms with E-state index in [1.807, 2.05) is 25.1 Å². The average molecular weight is 278 g/mol. The highest BCUT2D eigenvalue weighted by atomic mass is 16.4. The number of benzene rings is 2. The lowest BCUT2D eigenvalue weighted by Crippen LogP contribution is -2.12. The summed E-state index contributed by atoms with van der Waals surface area (Å²) in [6.07, 6.45) is 0.623. The minimum absolute atomic E-state index is 0.146. The number of carbonyl (C=O) groups excluding carboxylic acids is 1. The molecule has 1 heterocycles. The minimum Gasteiger partial charge on any atom is -0.418 e. The van der Waals surface area contributed by atoms with E-state index in [9.17, 15) is 9.59 Å². The number of fused-ring (bicyclic) bond motifs is 1. The van der Waals surface area contributed by atoms with Crippen LogP contribution in [0.15, 0.2) is 63.8 Å². The van der Waals surface area contributed by atoms with E-state index in [0.29, 0.717) is 17.4 Å². The van der Waals surface area contributed by atoms with Crippen molar-refractivity contribution in [2.75, 3.05) is 0 Å². The van der Waals surface area contributed by atoms with Crippen molar-refractivity contribution in [3.8, 4) is 0 Å². The molecule has 0 aliphatic carbocycles. The number of rotatable bonds is 3. The lowest BCUT2D eigenvalue weighted by molar-refractivity contribution is 0.100. The van der Waals surface area contributed by atoms with Gasteiger partial charge in [0.15, 0.2) is 5.76 Å². The van der Waals surface area contributed by atoms with E-state index in [1.165, 1.54) is 0 Å². The highest BCUT2D eigenvalue weighted by Gasteiger charge is 2.19. The van der Waals surface area contributed by atoms with Crippen LogP contribution in [0.4, 0.5) is 0 Å². The van der Waals surface area contributed by atoms with Crippen LogP contribution < -0.4 is 5.63 Å². The van der Waals surface area contributed by atoms with E-state index >= 15 is 0 Å². The van der Waals surface area contributed by atoms with Gasteiger partial charge in [-0.2, -0.15) is 0 Å². The molecule has 0 bridgehead atoms. The summed E-state index contributed by atoms with van der Waals surface area (Å²) in [6.45, 7) is 1.95. The van der Waals surface area contributed by atoms with E-state index in [2.05, 4.69) is 0 Å². The zero-order valence-corrected chi connectivity index (χ0v) is 11.6. The summed E-state index contributed by atoms with van der Waals surface area (Å²) in [5.41, 5.74) is 0.826. The molecule has 1 aromatic heterocycles. The Hall–Kier alpha value is -2.68. The average Bonchev–Trinajstić information content (AvgIpc) is 2.55. The maximum absolute atomic E-state index is 12.6. The van der Waals surface area contributed by atoms with Crippen molar-refractivity contribution >= 4 is 16.6 Å². The maximum Gasteiger partial charge on any atom is 0.344 e. The minimum atomic E-state index is -0.470. The molecule has 0 unspecified atom stereocenters. The third-order valence-electron chi connectivity index (χ3n) is 3.54. The van der Waals surface area contributed by atoms with Crippen LogP contribution in [-0.4, -0.2) is 5.78 Å². The first kappa shape index (κ1) is 13.3. The van der Waals surface area contributed by atoms with Crippen LogP contribution in [0.1, 0.15) is 28.6 Å². The van der Waals surface area contributed by atoms with Crippen LogP contribution in [0.25, 0.3) is 10.8 Å². The fraction of sp³-hybridized carbons (Fsp3) is 0.111. The molecular weight excluding hydrogens is 264 g/mol. The molecule has 21 heavy (non-hydrogen) atoms. The van der Waals surface area contributed by atoms with Gasteiger partial charge in [-0.25, -0.2) is 4.79 Å². The van der Waals surface area contributed by atoms with Gasteiger partial charge in [0.1, 0.15) is 0 Å². The third-order valence-corrected chi connectivity index (χ3v) is 3.54. The van der Waals surface area contributed by atoms with Crippen LogP contribution in [0, 0.1) is 0 Å². The molecule has 0 amide bonds. The molecule has 3 rings (SSSR count). The summed E-state index contributed by atoms with van der Waals surface area (Å²) in [7, 11) is 0. The first-order valence-corrected chi connectivity index (χ1v) is 6.87. The number of hydrogen-bond donors (Lipinski definition) is 0. The summed E-state index contributed by atoms with van der Waals surface area (Å²) in [5.74, 6) is -0.109. The lowest BCUT2D eigenvalue weighted by Gasteiger charge is -2.09. The second-order valence-electron chi connectivity index (χ2n) is 4.79. The van der Waals surface area contributed by atoms with Crippen molar-refractivity contribution in [2.45, 2.75) is 13.3 Å². The van der Waals surface area contributed by atoms with Gasteiger partial charge in [-0.05, 0) is 17.9 Å². The Balaban J connectivity index is 2.28. The molecule has 0 fully saturated rings. The SMILES string of the molecule is CCc1c(C(=O)c2ccccc2)oc(=O)c2ccccc12. The van der Waals surface area contributed by atoms with E-state index in [1.54, 1.807) is 36.4 Å². The Morgan fingerprint density at radius 1 is 0.952 bits per heavy atom. The summed E-state index contributed by atoms with van der Waals surface area (Å²) in [4.78, 5) is 24.7. The topological polar surface area (TPSA) is 47.3 Å². The number of aryl methyl sites for hydroxylation is 1. The lowest BCUT2D eigenvalue weighted by atomic mass is 9.99. The summed E-state index contributed by atoms with van der Waals surface area (Å²) >= 11 is 0. The Kier molecular flexibility index (Phi) is 3.40. The van der Waals surface area contributed by atoms with Crippen LogP contribution in [0.3, 0.4) is 0 Å². The van der Waals surface area contributed by atoms with Crippen molar-refractivity contribution in [3.63, 3.8) is 0 Å². The molecule has 3 nitrogen and oxygen atoms in total. The second-order valence-corrected chi connectivity index (χ2v) is 4.79. The van der Waals surface area contributed by atoms with Gasteiger partial charge in [0.25, 0.3) is 0 Å². The van der Waals surface area contributed by atoms with Gasteiger partial charge in [-0.3, -0.25) is 4.79 Å². The predicted octanol–water partition coefficient (Wildman–Crippen LogP) is 3.59. The van der Waals surface area contributed by atoms with Crippen molar-refractivity contribution in [2.24, 2.45) is 0 Å². The van der Waals surface area contributed by atoms with Gasteiger partial charge in [0, 0.05) is 11.1 Å². The zero-order chi connectivity index (χ0) is 14.8. The van der Waals surface area contributed by atoms with Crippen molar-refractivity contribution in [1.82, 2.24) is 0 Å². The summed E-state index contributed by atoms with van der Waals surface area (Å²) in [5, 5.41) is 1.30. The van der Waals surface area contributed by atoms with Crippen molar-refractivity contribution in [3.05, 3.63) is 81.9 Å². The van der Waals surface area contributed by atoms with Gasteiger partial charge in [-0.1, -0.05) is 55.5 Å².